The molecule has 22 heavy (non-hydrogen) atoms. The van der Waals surface area contributed by atoms with Crippen molar-refractivity contribution in [2.45, 2.75) is 11.8 Å². The second-order valence-electron chi connectivity index (χ2n) is 4.74. The van der Waals surface area contributed by atoms with Gasteiger partial charge in [-0.25, -0.2) is 0 Å². The highest BCUT2D eigenvalue weighted by Crippen LogP contribution is 2.35. The zero-order chi connectivity index (χ0) is 16.3. The van der Waals surface area contributed by atoms with Gasteiger partial charge in [-0.15, -0.1) is 0 Å². The predicted molar refractivity (Wildman–Crippen MR) is 89.0 cm³/mol. The van der Waals surface area contributed by atoms with Crippen molar-refractivity contribution in [2.24, 2.45) is 0 Å². The predicted octanol–water partition coefficient (Wildman–Crippen LogP) is 4.25. The third kappa shape index (κ3) is 3.75. The summed E-state index contributed by atoms with van der Waals surface area (Å²) in [5.74, 6) is -4.70. The van der Waals surface area contributed by atoms with Gasteiger partial charge in [0, 0.05) is 8.95 Å². The summed E-state index contributed by atoms with van der Waals surface area (Å²) in [6.07, 6.45) is 0. The summed E-state index contributed by atoms with van der Waals surface area (Å²) in [7, 11) is 0. The number of carboxylic acids is 2. The third-order valence-corrected chi connectivity index (χ3v) is 4.27. The van der Waals surface area contributed by atoms with Gasteiger partial charge in [0.2, 0.25) is 0 Å². The van der Waals surface area contributed by atoms with Gasteiger partial charge in [-0.2, -0.15) is 0 Å². The van der Waals surface area contributed by atoms with E-state index >= 15 is 0 Å². The number of halogens is 2. The van der Waals surface area contributed by atoms with E-state index in [0.29, 0.717) is 20.1 Å². The van der Waals surface area contributed by atoms with E-state index in [1.807, 2.05) is 0 Å². The second-order valence-corrected chi connectivity index (χ2v) is 6.57. The van der Waals surface area contributed by atoms with Crippen molar-refractivity contribution >= 4 is 43.8 Å². The molecule has 0 fully saturated rings. The van der Waals surface area contributed by atoms with Gasteiger partial charge in [-0.1, -0.05) is 56.1 Å². The van der Waals surface area contributed by atoms with Gasteiger partial charge in [0.25, 0.3) is 0 Å². The largest absolute Gasteiger partial charge is 0.481 e. The van der Waals surface area contributed by atoms with Crippen molar-refractivity contribution in [3.8, 4) is 0 Å². The molecule has 4 nitrogen and oxygen atoms in total. The van der Waals surface area contributed by atoms with E-state index in [-0.39, 0.29) is 0 Å². The lowest BCUT2D eigenvalue weighted by molar-refractivity contribution is -0.147. The number of carbonyl (C=O) groups is 2. The van der Waals surface area contributed by atoms with Crippen molar-refractivity contribution in [1.29, 1.82) is 0 Å². The molecule has 0 aliphatic carbocycles. The molecule has 2 N–H and O–H groups in total. The Morgan fingerprint density at radius 2 is 1.14 bits per heavy atom. The molecule has 0 aliphatic heterocycles. The number of benzene rings is 2. The van der Waals surface area contributed by atoms with Crippen LogP contribution >= 0.6 is 31.9 Å². The highest BCUT2D eigenvalue weighted by Gasteiger charge is 2.36. The van der Waals surface area contributed by atoms with Crippen molar-refractivity contribution in [2.75, 3.05) is 0 Å². The summed E-state index contributed by atoms with van der Waals surface area (Å²) in [4.78, 5) is 23.5. The molecule has 0 amide bonds. The molecule has 0 bridgehead atoms. The first-order valence-corrected chi connectivity index (χ1v) is 7.95. The number of rotatable bonds is 5. The average molecular weight is 428 g/mol. The molecule has 0 aromatic heterocycles. The van der Waals surface area contributed by atoms with E-state index in [1.54, 1.807) is 48.5 Å². The topological polar surface area (TPSA) is 74.6 Å². The monoisotopic (exact) mass is 426 g/mol. The van der Waals surface area contributed by atoms with Crippen LogP contribution in [0.2, 0.25) is 0 Å². The summed E-state index contributed by atoms with van der Waals surface area (Å²) in [5, 5.41) is 19.2. The molecule has 114 valence electrons. The molecule has 6 heteroatoms. The van der Waals surface area contributed by atoms with Gasteiger partial charge in [0.05, 0.1) is 11.8 Å². The molecule has 2 aromatic carbocycles. The van der Waals surface area contributed by atoms with Crippen molar-refractivity contribution in [3.63, 3.8) is 0 Å². The van der Waals surface area contributed by atoms with Crippen LogP contribution in [-0.4, -0.2) is 22.2 Å². The molecule has 2 atom stereocenters. The Balaban J connectivity index is 2.56. The lowest BCUT2D eigenvalue weighted by Gasteiger charge is -2.21. The minimum Gasteiger partial charge on any atom is -0.481 e. The molecule has 0 spiro atoms. The fraction of sp³-hybridized carbons (Fsp3) is 0.125. The number of hydrogen-bond donors (Lipinski definition) is 2. The standard InChI is InChI=1S/C16H12Br2O4/c17-11-5-1-3-9(7-11)13(15(19)20)14(16(21)22)10-4-2-6-12(18)8-10/h1-8,13-14H,(H,19,20)(H,21,22). The fourth-order valence-corrected chi connectivity index (χ4v) is 3.19. The Morgan fingerprint density at radius 1 is 0.773 bits per heavy atom. The van der Waals surface area contributed by atoms with Crippen LogP contribution in [0.25, 0.3) is 0 Å². The smallest absolute Gasteiger partial charge is 0.312 e. The molecule has 2 unspecified atom stereocenters. The first-order chi connectivity index (χ1) is 10.4. The van der Waals surface area contributed by atoms with Crippen molar-refractivity contribution < 1.29 is 19.8 Å². The van der Waals surface area contributed by atoms with Gasteiger partial charge in [0.15, 0.2) is 0 Å². The first kappa shape index (κ1) is 16.7. The van der Waals surface area contributed by atoms with E-state index in [0.717, 1.165) is 0 Å². The van der Waals surface area contributed by atoms with E-state index in [4.69, 9.17) is 0 Å². The van der Waals surface area contributed by atoms with Crippen LogP contribution in [0.4, 0.5) is 0 Å². The molecular weight excluding hydrogens is 416 g/mol. The van der Waals surface area contributed by atoms with Gasteiger partial charge >= 0.3 is 11.9 Å². The Hall–Kier alpha value is -1.66. The first-order valence-electron chi connectivity index (χ1n) is 6.36. The minimum atomic E-state index is -1.18. The van der Waals surface area contributed by atoms with Crippen LogP contribution in [0.15, 0.2) is 57.5 Å². The lowest BCUT2D eigenvalue weighted by Crippen LogP contribution is -2.26. The Labute approximate surface area is 144 Å². The van der Waals surface area contributed by atoms with E-state index < -0.39 is 23.8 Å². The van der Waals surface area contributed by atoms with E-state index in [2.05, 4.69) is 31.9 Å². The molecule has 0 radical (unpaired) electrons. The normalized spacial score (nSPS) is 13.4. The van der Waals surface area contributed by atoms with Gasteiger partial charge < -0.3 is 10.2 Å². The summed E-state index contributed by atoms with van der Waals surface area (Å²) in [6.45, 7) is 0. The molecule has 0 saturated carbocycles. The zero-order valence-corrected chi connectivity index (χ0v) is 14.4. The maximum absolute atomic E-state index is 11.7. The fourth-order valence-electron chi connectivity index (χ4n) is 2.36. The van der Waals surface area contributed by atoms with Crippen LogP contribution in [0.5, 0.6) is 0 Å². The molecule has 0 heterocycles. The molecule has 0 saturated heterocycles. The maximum Gasteiger partial charge on any atom is 0.312 e. The number of carboxylic acid groups (broad SMARTS) is 2. The van der Waals surface area contributed by atoms with Crippen LogP contribution in [0.1, 0.15) is 23.0 Å². The summed E-state index contributed by atoms with van der Waals surface area (Å²) >= 11 is 6.57. The average Bonchev–Trinajstić information content (AvgIpc) is 2.43. The van der Waals surface area contributed by atoms with Gasteiger partial charge in [-0.3, -0.25) is 9.59 Å². The summed E-state index contributed by atoms with van der Waals surface area (Å²) in [5.41, 5.74) is 0.878. The van der Waals surface area contributed by atoms with Crippen LogP contribution in [0.3, 0.4) is 0 Å². The van der Waals surface area contributed by atoms with Crippen molar-refractivity contribution in [3.05, 3.63) is 68.6 Å². The van der Waals surface area contributed by atoms with E-state index in [9.17, 15) is 19.8 Å². The zero-order valence-electron chi connectivity index (χ0n) is 11.2. The Bertz CT molecular complexity index is 653. The van der Waals surface area contributed by atoms with E-state index in [1.165, 1.54) is 0 Å². The molecule has 2 rings (SSSR count). The summed E-state index contributed by atoms with van der Waals surface area (Å²) < 4.78 is 1.41. The van der Waals surface area contributed by atoms with Gasteiger partial charge in [-0.05, 0) is 35.4 Å². The summed E-state index contributed by atoms with van der Waals surface area (Å²) in [6, 6.07) is 13.4. The second kappa shape index (κ2) is 7.07. The van der Waals surface area contributed by atoms with Crippen molar-refractivity contribution in [1.82, 2.24) is 0 Å². The molecule has 0 aliphatic rings. The minimum absolute atomic E-state index is 0.439. The molecule has 2 aromatic rings. The number of hydrogen-bond acceptors (Lipinski definition) is 2. The quantitative estimate of drug-likeness (QED) is 0.747. The Morgan fingerprint density at radius 3 is 1.41 bits per heavy atom. The maximum atomic E-state index is 11.7. The highest BCUT2D eigenvalue weighted by molar-refractivity contribution is 9.10. The third-order valence-electron chi connectivity index (χ3n) is 3.28. The van der Waals surface area contributed by atoms with Gasteiger partial charge in [0.1, 0.15) is 0 Å². The highest BCUT2D eigenvalue weighted by atomic mass is 79.9. The van der Waals surface area contributed by atoms with Crippen LogP contribution < -0.4 is 0 Å². The lowest BCUT2D eigenvalue weighted by atomic mass is 9.81. The van der Waals surface area contributed by atoms with Crippen LogP contribution in [0, 0.1) is 0 Å². The molecular formula is C16H12Br2O4. The Kier molecular flexibility index (Phi) is 5.37. The van der Waals surface area contributed by atoms with Crippen LogP contribution in [-0.2, 0) is 9.59 Å². The number of aliphatic carboxylic acids is 2. The SMILES string of the molecule is O=C(O)C(c1cccc(Br)c1)C(C(=O)O)c1cccc(Br)c1.